The molecule has 4 aromatic carbocycles. The molecule has 0 aliphatic rings. The highest BCUT2D eigenvalue weighted by atomic mass is 16.4. The summed E-state index contributed by atoms with van der Waals surface area (Å²) in [6.07, 6.45) is 0. The Morgan fingerprint density at radius 1 is 0.686 bits per heavy atom. The van der Waals surface area contributed by atoms with E-state index >= 15 is 0 Å². The topological polar surface area (TPSA) is 79.5 Å². The third-order valence-corrected chi connectivity index (χ3v) is 6.25. The molecule has 35 heavy (non-hydrogen) atoms. The number of aliphatic hydroxyl groups is 1. The molecule has 0 bridgehead atoms. The number of Topliss-reactive ketones (excluding diaryl/α,β-unsaturated/α-hetero) is 1. The van der Waals surface area contributed by atoms with Crippen LogP contribution in [0.25, 0.3) is 33.2 Å². The van der Waals surface area contributed by atoms with Crippen molar-refractivity contribution in [2.45, 2.75) is 13.2 Å². The maximum absolute atomic E-state index is 12.7. The molecule has 1 heterocycles. The summed E-state index contributed by atoms with van der Waals surface area (Å²) in [5.74, 6) is -2.57. The van der Waals surface area contributed by atoms with E-state index in [0.29, 0.717) is 23.1 Å². The lowest BCUT2D eigenvalue weighted by atomic mass is 9.98. The van der Waals surface area contributed by atoms with Crippen LogP contribution in [0.2, 0.25) is 0 Å². The SMILES string of the molecule is O=C(O)C(=O)c1c(CO)n(Cc2ccccc2)c2ccc(-c3ccc(-c4ccccc4)cc3)cc12. The van der Waals surface area contributed by atoms with E-state index in [9.17, 15) is 19.8 Å². The number of aliphatic hydroxyl groups excluding tert-OH is 1. The van der Waals surface area contributed by atoms with Crippen molar-refractivity contribution in [2.24, 2.45) is 0 Å². The first-order chi connectivity index (χ1) is 17.1. The van der Waals surface area contributed by atoms with Crippen molar-refractivity contribution in [2.75, 3.05) is 0 Å². The Labute approximate surface area is 202 Å². The van der Waals surface area contributed by atoms with E-state index in [1.165, 1.54) is 0 Å². The van der Waals surface area contributed by atoms with Crippen LogP contribution < -0.4 is 0 Å². The lowest BCUT2D eigenvalue weighted by molar-refractivity contribution is -0.131. The zero-order valence-electron chi connectivity index (χ0n) is 18.9. The number of fused-ring (bicyclic) bond motifs is 1. The zero-order valence-corrected chi connectivity index (χ0v) is 18.9. The van der Waals surface area contributed by atoms with Crippen molar-refractivity contribution < 1.29 is 19.8 Å². The first-order valence-corrected chi connectivity index (χ1v) is 11.3. The van der Waals surface area contributed by atoms with E-state index in [1.54, 1.807) is 0 Å². The number of benzene rings is 4. The molecule has 0 saturated heterocycles. The van der Waals surface area contributed by atoms with E-state index < -0.39 is 18.4 Å². The number of carbonyl (C=O) groups excluding carboxylic acids is 1. The molecule has 1 aromatic heterocycles. The van der Waals surface area contributed by atoms with Gasteiger partial charge in [0, 0.05) is 17.4 Å². The number of aromatic nitrogens is 1. The number of carboxylic acid groups (broad SMARTS) is 1. The van der Waals surface area contributed by atoms with Crippen LogP contribution in [0, 0.1) is 0 Å². The van der Waals surface area contributed by atoms with Gasteiger partial charge in [0.25, 0.3) is 5.78 Å². The standard InChI is InChI=1S/C30H23NO4/c32-19-27-28(29(33)30(34)35)25-17-24(15-16-26(25)31(27)18-20-7-3-1-4-8-20)23-13-11-22(12-14-23)21-9-5-2-6-10-21/h1-17,32H,18-19H2,(H,34,35). The molecule has 0 aliphatic heterocycles. The smallest absolute Gasteiger partial charge is 0.377 e. The average molecular weight is 462 g/mol. The molecular formula is C30H23NO4. The second-order valence-corrected chi connectivity index (χ2v) is 8.36. The van der Waals surface area contributed by atoms with Crippen LogP contribution in [-0.4, -0.2) is 26.5 Å². The number of nitrogens with zero attached hydrogens (tertiary/aromatic N) is 1. The quantitative estimate of drug-likeness (QED) is 0.238. The van der Waals surface area contributed by atoms with Crippen LogP contribution in [0.15, 0.2) is 103 Å². The zero-order chi connectivity index (χ0) is 24.4. The van der Waals surface area contributed by atoms with Crippen LogP contribution in [0.3, 0.4) is 0 Å². The molecule has 5 aromatic rings. The normalized spacial score (nSPS) is 11.0. The fraction of sp³-hybridized carbons (Fsp3) is 0.0667. The maximum atomic E-state index is 12.7. The van der Waals surface area contributed by atoms with Gasteiger partial charge in [0.15, 0.2) is 0 Å². The Balaban J connectivity index is 1.63. The van der Waals surface area contributed by atoms with Crippen LogP contribution in [0.5, 0.6) is 0 Å². The van der Waals surface area contributed by atoms with Gasteiger partial charge in [0.05, 0.1) is 17.9 Å². The van der Waals surface area contributed by atoms with E-state index in [1.807, 2.05) is 95.6 Å². The molecule has 172 valence electrons. The van der Waals surface area contributed by atoms with Crippen LogP contribution in [0.1, 0.15) is 21.6 Å². The van der Waals surface area contributed by atoms with Gasteiger partial charge < -0.3 is 14.8 Å². The minimum atomic E-state index is -1.55. The number of aliphatic carboxylic acids is 1. The number of rotatable bonds is 7. The molecule has 0 aliphatic carbocycles. The highest BCUT2D eigenvalue weighted by Gasteiger charge is 2.26. The van der Waals surface area contributed by atoms with Crippen molar-refractivity contribution in [3.8, 4) is 22.3 Å². The van der Waals surface area contributed by atoms with Gasteiger partial charge in [-0.2, -0.15) is 0 Å². The van der Waals surface area contributed by atoms with Crippen molar-refractivity contribution in [1.29, 1.82) is 0 Å². The minimum Gasteiger partial charge on any atom is -0.475 e. The predicted octanol–water partition coefficient (Wildman–Crippen LogP) is 5.78. The van der Waals surface area contributed by atoms with Gasteiger partial charge in [-0.3, -0.25) is 4.79 Å². The Morgan fingerprint density at radius 2 is 1.23 bits per heavy atom. The van der Waals surface area contributed by atoms with Crippen LogP contribution in [0.4, 0.5) is 0 Å². The first kappa shape index (κ1) is 22.3. The lowest BCUT2D eigenvalue weighted by Crippen LogP contribution is -2.16. The van der Waals surface area contributed by atoms with E-state index in [-0.39, 0.29) is 5.56 Å². The molecule has 0 amide bonds. The van der Waals surface area contributed by atoms with Crippen molar-refractivity contribution in [3.63, 3.8) is 0 Å². The largest absolute Gasteiger partial charge is 0.475 e. The Morgan fingerprint density at radius 3 is 1.83 bits per heavy atom. The summed E-state index contributed by atoms with van der Waals surface area (Å²) in [5, 5.41) is 20.2. The monoisotopic (exact) mass is 461 g/mol. The van der Waals surface area contributed by atoms with Gasteiger partial charge in [-0.25, -0.2) is 4.79 Å². The Bertz CT molecular complexity index is 1520. The van der Waals surface area contributed by atoms with Crippen molar-refractivity contribution >= 4 is 22.7 Å². The predicted molar refractivity (Wildman–Crippen MR) is 136 cm³/mol. The van der Waals surface area contributed by atoms with Gasteiger partial charge in [-0.1, -0.05) is 91.0 Å². The van der Waals surface area contributed by atoms with Gasteiger partial charge in [0.2, 0.25) is 0 Å². The highest BCUT2D eigenvalue weighted by molar-refractivity contribution is 6.42. The van der Waals surface area contributed by atoms with Crippen LogP contribution in [-0.2, 0) is 17.9 Å². The summed E-state index contributed by atoms with van der Waals surface area (Å²) >= 11 is 0. The number of ketones is 1. The minimum absolute atomic E-state index is 0.0358. The molecule has 5 rings (SSSR count). The van der Waals surface area contributed by atoms with Crippen molar-refractivity contribution in [3.05, 3.63) is 120 Å². The highest BCUT2D eigenvalue weighted by Crippen LogP contribution is 2.33. The molecule has 0 fully saturated rings. The van der Waals surface area contributed by atoms with Gasteiger partial charge in [-0.15, -0.1) is 0 Å². The second kappa shape index (κ2) is 9.41. The van der Waals surface area contributed by atoms with E-state index in [0.717, 1.165) is 27.8 Å². The number of hydrogen-bond donors (Lipinski definition) is 2. The summed E-state index contributed by atoms with van der Waals surface area (Å²) in [6, 6.07) is 33.5. The van der Waals surface area contributed by atoms with Crippen molar-refractivity contribution in [1.82, 2.24) is 4.57 Å². The molecule has 0 atom stereocenters. The van der Waals surface area contributed by atoms with Crippen LogP contribution >= 0.6 is 0 Å². The lowest BCUT2D eigenvalue weighted by Gasteiger charge is -2.10. The summed E-state index contributed by atoms with van der Waals surface area (Å²) in [5.41, 5.74) is 6.03. The van der Waals surface area contributed by atoms with E-state index in [4.69, 9.17) is 0 Å². The summed E-state index contributed by atoms with van der Waals surface area (Å²) < 4.78 is 1.82. The Hall–Kier alpha value is -4.48. The first-order valence-electron chi connectivity index (χ1n) is 11.3. The summed E-state index contributed by atoms with van der Waals surface area (Å²) in [6.45, 7) is -0.0395. The third kappa shape index (κ3) is 4.25. The molecule has 5 nitrogen and oxygen atoms in total. The number of carboxylic acids is 1. The number of carbonyl (C=O) groups is 2. The summed E-state index contributed by atoms with van der Waals surface area (Å²) in [4.78, 5) is 24.4. The molecule has 2 N–H and O–H groups in total. The Kier molecular flexibility index (Phi) is 6.00. The molecular weight excluding hydrogens is 438 g/mol. The van der Waals surface area contributed by atoms with Gasteiger partial charge in [-0.05, 0) is 39.9 Å². The second-order valence-electron chi connectivity index (χ2n) is 8.36. The molecule has 0 radical (unpaired) electrons. The summed E-state index contributed by atoms with van der Waals surface area (Å²) in [7, 11) is 0. The third-order valence-electron chi connectivity index (χ3n) is 6.25. The average Bonchev–Trinajstić information content (AvgIpc) is 3.21. The molecule has 0 spiro atoms. The molecule has 0 unspecified atom stereocenters. The van der Waals surface area contributed by atoms with Gasteiger partial charge >= 0.3 is 5.97 Å². The number of hydrogen-bond acceptors (Lipinski definition) is 3. The fourth-order valence-electron chi connectivity index (χ4n) is 4.54. The molecule has 5 heteroatoms. The fourth-order valence-corrected chi connectivity index (χ4v) is 4.54. The van der Waals surface area contributed by atoms with Gasteiger partial charge in [0.1, 0.15) is 0 Å². The molecule has 0 saturated carbocycles. The van der Waals surface area contributed by atoms with E-state index in [2.05, 4.69) is 12.1 Å². The maximum Gasteiger partial charge on any atom is 0.377 e.